The van der Waals surface area contributed by atoms with E-state index in [1.54, 1.807) is 6.07 Å². The van der Waals surface area contributed by atoms with Gasteiger partial charge in [0.15, 0.2) is 0 Å². The third-order valence-corrected chi connectivity index (χ3v) is 2.09. The van der Waals surface area contributed by atoms with Crippen LogP contribution in [0.1, 0.15) is 5.56 Å². The minimum atomic E-state index is -0.546. The molecular weight excluding hydrogens is 236 g/mol. The van der Waals surface area contributed by atoms with Crippen LogP contribution in [0.4, 0.5) is 11.6 Å². The average Bonchev–Trinajstić information content (AvgIpc) is 2.38. The summed E-state index contributed by atoms with van der Waals surface area (Å²) in [6.45, 7) is 0. The van der Waals surface area contributed by atoms with Gasteiger partial charge in [-0.05, 0) is 12.1 Å². The summed E-state index contributed by atoms with van der Waals surface area (Å²) in [5, 5.41) is 20.1. The van der Waals surface area contributed by atoms with Crippen LogP contribution in [0, 0.1) is 10.1 Å². The number of hydrogen-bond donors (Lipinski definition) is 1. The molecule has 0 spiro atoms. The van der Waals surface area contributed by atoms with Gasteiger partial charge in [0.2, 0.25) is 5.95 Å². The summed E-state index contributed by atoms with van der Waals surface area (Å²) in [5.74, 6) is 0.115. The predicted octanol–water partition coefficient (Wildman–Crippen LogP) is 1.84. The van der Waals surface area contributed by atoms with Crippen molar-refractivity contribution in [3.8, 4) is 5.75 Å². The number of aromatic nitrogens is 2. The van der Waals surface area contributed by atoms with Crippen molar-refractivity contribution in [2.75, 3.05) is 0 Å². The van der Waals surface area contributed by atoms with Crippen LogP contribution >= 0.6 is 0 Å². The molecule has 1 N–H and O–H groups in total. The molecule has 2 aromatic rings. The number of phenolic OH excluding ortho intramolecular Hbond substituents is 1. The number of aromatic hydroxyl groups is 1. The van der Waals surface area contributed by atoms with Gasteiger partial charge in [0.25, 0.3) is 5.69 Å². The van der Waals surface area contributed by atoms with E-state index in [1.165, 1.54) is 36.8 Å². The van der Waals surface area contributed by atoms with Gasteiger partial charge in [0.1, 0.15) is 5.75 Å². The Kier molecular flexibility index (Phi) is 3.24. The first kappa shape index (κ1) is 11.6. The van der Waals surface area contributed by atoms with Crippen LogP contribution in [0.3, 0.4) is 0 Å². The van der Waals surface area contributed by atoms with Crippen LogP contribution in [0.15, 0.2) is 41.7 Å². The van der Waals surface area contributed by atoms with Crippen molar-refractivity contribution >= 4 is 17.9 Å². The molecule has 0 saturated carbocycles. The zero-order valence-corrected chi connectivity index (χ0v) is 9.09. The number of rotatable bonds is 3. The Balaban J connectivity index is 2.31. The van der Waals surface area contributed by atoms with Crippen LogP contribution in [0.5, 0.6) is 5.75 Å². The largest absolute Gasteiger partial charge is 0.507 e. The van der Waals surface area contributed by atoms with Crippen molar-refractivity contribution in [2.24, 2.45) is 4.99 Å². The molecule has 0 unspecified atom stereocenters. The van der Waals surface area contributed by atoms with Crippen molar-refractivity contribution in [1.29, 1.82) is 0 Å². The molecule has 0 aliphatic carbocycles. The lowest BCUT2D eigenvalue weighted by molar-refractivity contribution is -0.384. The van der Waals surface area contributed by atoms with Gasteiger partial charge in [0, 0.05) is 36.3 Å². The molecular formula is C11H8N4O3. The number of benzene rings is 1. The molecule has 1 heterocycles. The predicted molar refractivity (Wildman–Crippen MR) is 64.0 cm³/mol. The van der Waals surface area contributed by atoms with E-state index in [0.717, 1.165) is 0 Å². The third kappa shape index (κ3) is 2.64. The maximum atomic E-state index is 10.6. The second kappa shape index (κ2) is 5.00. The van der Waals surface area contributed by atoms with Crippen LogP contribution in [0.2, 0.25) is 0 Å². The summed E-state index contributed by atoms with van der Waals surface area (Å²) in [4.78, 5) is 21.7. The topological polar surface area (TPSA) is 102 Å². The Labute approximate surface area is 102 Å². The van der Waals surface area contributed by atoms with Crippen LogP contribution in [-0.2, 0) is 0 Å². The minimum Gasteiger partial charge on any atom is -0.507 e. The fourth-order valence-electron chi connectivity index (χ4n) is 1.24. The molecule has 7 nitrogen and oxygen atoms in total. The molecule has 0 radical (unpaired) electrons. The second-order valence-corrected chi connectivity index (χ2v) is 3.31. The van der Waals surface area contributed by atoms with E-state index in [1.807, 2.05) is 0 Å². The summed E-state index contributed by atoms with van der Waals surface area (Å²) in [6, 6.07) is 5.32. The zero-order valence-electron chi connectivity index (χ0n) is 9.09. The molecule has 1 aromatic heterocycles. The van der Waals surface area contributed by atoms with Crippen molar-refractivity contribution < 1.29 is 10.0 Å². The van der Waals surface area contributed by atoms with Gasteiger partial charge in [-0.2, -0.15) is 0 Å². The lowest BCUT2D eigenvalue weighted by Crippen LogP contribution is -1.90. The number of hydrogen-bond acceptors (Lipinski definition) is 6. The standard InChI is InChI=1S/C11H8N4O3/c16-10-3-2-9(15(17)18)6-8(10)7-14-11-12-4-1-5-13-11/h1-7,16H. The first-order valence-electron chi connectivity index (χ1n) is 4.95. The molecule has 7 heteroatoms. The van der Waals surface area contributed by atoms with E-state index in [0.29, 0.717) is 0 Å². The van der Waals surface area contributed by atoms with Gasteiger partial charge in [-0.15, -0.1) is 0 Å². The summed E-state index contributed by atoms with van der Waals surface area (Å²) >= 11 is 0. The maximum absolute atomic E-state index is 10.6. The first-order valence-corrected chi connectivity index (χ1v) is 4.95. The molecule has 0 bridgehead atoms. The zero-order chi connectivity index (χ0) is 13.0. The minimum absolute atomic E-state index is 0.0970. The highest BCUT2D eigenvalue weighted by atomic mass is 16.6. The van der Waals surface area contributed by atoms with E-state index in [9.17, 15) is 15.2 Å². The Morgan fingerprint density at radius 2 is 2.06 bits per heavy atom. The summed E-state index contributed by atoms with van der Waals surface area (Å²) in [5.41, 5.74) is 0.111. The van der Waals surface area contributed by atoms with E-state index < -0.39 is 4.92 Å². The molecule has 1 aromatic carbocycles. The van der Waals surface area contributed by atoms with Crippen molar-refractivity contribution in [3.63, 3.8) is 0 Å². The van der Waals surface area contributed by atoms with Crippen molar-refractivity contribution in [2.45, 2.75) is 0 Å². The number of aliphatic imine (C=N–C) groups is 1. The molecule has 0 aliphatic rings. The first-order chi connectivity index (χ1) is 8.66. The van der Waals surface area contributed by atoms with Crippen LogP contribution < -0.4 is 0 Å². The molecule has 0 saturated heterocycles. The summed E-state index contributed by atoms with van der Waals surface area (Å²) in [7, 11) is 0. The monoisotopic (exact) mass is 244 g/mol. The smallest absolute Gasteiger partial charge is 0.270 e. The third-order valence-electron chi connectivity index (χ3n) is 2.09. The summed E-state index contributed by atoms with van der Waals surface area (Å²) in [6.07, 6.45) is 4.32. The van der Waals surface area contributed by atoms with E-state index in [2.05, 4.69) is 15.0 Å². The van der Waals surface area contributed by atoms with E-state index >= 15 is 0 Å². The Hall–Kier alpha value is -2.83. The van der Waals surface area contributed by atoms with Crippen LogP contribution in [-0.4, -0.2) is 26.2 Å². The van der Waals surface area contributed by atoms with Gasteiger partial charge in [-0.25, -0.2) is 15.0 Å². The van der Waals surface area contributed by atoms with Gasteiger partial charge in [-0.3, -0.25) is 10.1 Å². The van der Waals surface area contributed by atoms with E-state index in [-0.39, 0.29) is 22.9 Å². The highest BCUT2D eigenvalue weighted by Crippen LogP contribution is 2.21. The van der Waals surface area contributed by atoms with Gasteiger partial charge < -0.3 is 5.11 Å². The highest BCUT2D eigenvalue weighted by molar-refractivity contribution is 5.85. The molecule has 2 rings (SSSR count). The molecule has 90 valence electrons. The highest BCUT2D eigenvalue weighted by Gasteiger charge is 2.08. The van der Waals surface area contributed by atoms with Crippen LogP contribution in [0.25, 0.3) is 0 Å². The fourth-order valence-corrected chi connectivity index (χ4v) is 1.24. The lowest BCUT2D eigenvalue weighted by Gasteiger charge is -1.98. The Morgan fingerprint density at radius 3 is 2.72 bits per heavy atom. The summed E-state index contributed by atoms with van der Waals surface area (Å²) < 4.78 is 0. The molecule has 18 heavy (non-hydrogen) atoms. The fraction of sp³-hybridized carbons (Fsp3) is 0. The maximum Gasteiger partial charge on any atom is 0.270 e. The number of nitro groups is 1. The van der Waals surface area contributed by atoms with Gasteiger partial charge >= 0.3 is 0 Å². The van der Waals surface area contributed by atoms with Gasteiger partial charge in [-0.1, -0.05) is 0 Å². The second-order valence-electron chi connectivity index (χ2n) is 3.31. The lowest BCUT2D eigenvalue weighted by atomic mass is 10.2. The quantitative estimate of drug-likeness (QED) is 0.504. The Bertz CT molecular complexity index is 598. The number of nitrogens with zero attached hydrogens (tertiary/aromatic N) is 4. The molecule has 0 fully saturated rings. The molecule has 0 amide bonds. The molecule has 0 atom stereocenters. The molecule has 0 aliphatic heterocycles. The Morgan fingerprint density at radius 1 is 1.33 bits per heavy atom. The number of nitro benzene ring substituents is 1. The van der Waals surface area contributed by atoms with E-state index in [4.69, 9.17) is 0 Å². The normalized spacial score (nSPS) is 10.7. The van der Waals surface area contributed by atoms with Crippen molar-refractivity contribution in [3.05, 3.63) is 52.3 Å². The SMILES string of the molecule is O=[N+]([O-])c1ccc(O)c(C=Nc2ncccn2)c1. The number of phenols is 1. The number of non-ortho nitro benzene ring substituents is 1. The van der Waals surface area contributed by atoms with Crippen molar-refractivity contribution in [1.82, 2.24) is 9.97 Å². The van der Waals surface area contributed by atoms with Gasteiger partial charge in [0.05, 0.1) is 4.92 Å². The average molecular weight is 244 g/mol.